The van der Waals surface area contributed by atoms with Crippen molar-refractivity contribution in [1.82, 2.24) is 0 Å². The lowest BCUT2D eigenvalue weighted by Gasteiger charge is -1.93. The molecule has 0 aliphatic carbocycles. The van der Waals surface area contributed by atoms with E-state index in [4.69, 9.17) is 0 Å². The average Bonchev–Trinajstić information content (AvgIpc) is 2.05. The number of thiol groups is 1. The molecule has 64 valence electrons. The molecule has 1 rings (SSSR count). The van der Waals surface area contributed by atoms with E-state index in [1.807, 2.05) is 0 Å². The first-order valence-corrected chi connectivity index (χ1v) is 4.76. The summed E-state index contributed by atoms with van der Waals surface area (Å²) in [6, 6.07) is 8.37. The van der Waals surface area contributed by atoms with E-state index in [9.17, 15) is 13.2 Å². The van der Waals surface area contributed by atoms with Gasteiger partial charge in [-0.15, -0.1) is 0 Å². The summed E-state index contributed by atoms with van der Waals surface area (Å²) < 4.78 is 20.4. The second-order valence-electron chi connectivity index (χ2n) is 2.28. The Labute approximate surface area is 72.0 Å². The number of carbonyl (C=O) groups is 1. The fourth-order valence-electron chi connectivity index (χ4n) is 0.833. The summed E-state index contributed by atoms with van der Waals surface area (Å²) in [6.45, 7) is 0. The Hall–Kier alpha value is -1.16. The first-order chi connectivity index (χ1) is 5.70. The highest BCUT2D eigenvalue weighted by Gasteiger charge is 2.04. The molecule has 0 fully saturated rings. The molecule has 12 heavy (non-hydrogen) atoms. The number of rotatable bonds is 3. The number of Topliss-reactive ketones (excluding diaryl/α,β-unsaturated/α-hetero) is 1. The van der Waals surface area contributed by atoms with Crippen molar-refractivity contribution in [1.29, 1.82) is 0 Å². The molecule has 0 aliphatic heterocycles. The maximum atomic E-state index is 11.1. The molecule has 0 spiro atoms. The van der Waals surface area contributed by atoms with Gasteiger partial charge in [0.1, 0.15) is 16.5 Å². The molecule has 0 aliphatic rings. The van der Waals surface area contributed by atoms with Crippen LogP contribution in [0.25, 0.3) is 0 Å². The molecule has 0 heterocycles. The molecule has 4 heteroatoms. The third-order valence-corrected chi connectivity index (χ3v) is 1.91. The van der Waals surface area contributed by atoms with Gasteiger partial charge in [0, 0.05) is 5.56 Å². The van der Waals surface area contributed by atoms with E-state index < -0.39 is 16.5 Å². The zero-order valence-corrected chi connectivity index (χ0v) is 7.16. The van der Waals surface area contributed by atoms with E-state index in [0.717, 1.165) is 0 Å². The predicted molar refractivity (Wildman–Crippen MR) is 46.0 cm³/mol. The Morgan fingerprint density at radius 1 is 1.17 bits per heavy atom. The topological polar surface area (TPSA) is 51.2 Å². The Balaban J connectivity index is 2.79. The molecule has 0 radical (unpaired) electrons. The summed E-state index contributed by atoms with van der Waals surface area (Å²) in [5.41, 5.74) is 0.441. The molecule has 0 atom stereocenters. The molecule has 0 bridgehead atoms. The molecular weight excluding hydrogens is 176 g/mol. The molecule has 0 amide bonds. The average molecular weight is 184 g/mol. The SMILES string of the molecule is O=C(C[SH](=O)=O)c1ccccc1. The predicted octanol–water partition coefficient (Wildman–Crippen LogP) is 0.481. The van der Waals surface area contributed by atoms with Gasteiger partial charge in [0.05, 0.1) is 0 Å². The van der Waals surface area contributed by atoms with Gasteiger partial charge in [-0.05, 0) is 0 Å². The summed E-state index contributed by atoms with van der Waals surface area (Å²) in [6.07, 6.45) is 0. The van der Waals surface area contributed by atoms with Crippen molar-refractivity contribution in [3.05, 3.63) is 35.9 Å². The van der Waals surface area contributed by atoms with E-state index in [1.165, 1.54) is 0 Å². The Morgan fingerprint density at radius 3 is 2.25 bits per heavy atom. The monoisotopic (exact) mass is 184 g/mol. The maximum absolute atomic E-state index is 11.1. The first-order valence-electron chi connectivity index (χ1n) is 3.40. The van der Waals surface area contributed by atoms with Crippen LogP contribution in [0.1, 0.15) is 10.4 Å². The lowest BCUT2D eigenvalue weighted by molar-refractivity contribution is 0.102. The Bertz CT molecular complexity index is 333. The Kier molecular flexibility index (Phi) is 2.99. The molecule has 0 saturated heterocycles. The summed E-state index contributed by atoms with van der Waals surface area (Å²) in [5.74, 6) is -0.758. The number of benzene rings is 1. The van der Waals surface area contributed by atoms with Crippen molar-refractivity contribution in [2.24, 2.45) is 0 Å². The van der Waals surface area contributed by atoms with Crippen molar-refractivity contribution < 1.29 is 13.2 Å². The van der Waals surface area contributed by atoms with Crippen LogP contribution < -0.4 is 0 Å². The minimum absolute atomic E-state index is 0.355. The largest absolute Gasteiger partial charge is 0.293 e. The number of hydrogen-bond donors (Lipinski definition) is 1. The van der Waals surface area contributed by atoms with Crippen molar-refractivity contribution >= 4 is 16.5 Å². The lowest BCUT2D eigenvalue weighted by Crippen LogP contribution is -2.05. The minimum Gasteiger partial charge on any atom is -0.293 e. The van der Waals surface area contributed by atoms with Crippen LogP contribution in [0.15, 0.2) is 30.3 Å². The van der Waals surface area contributed by atoms with Crippen LogP contribution in [0.2, 0.25) is 0 Å². The summed E-state index contributed by atoms with van der Waals surface area (Å²) in [4.78, 5) is 11.1. The van der Waals surface area contributed by atoms with E-state index in [-0.39, 0.29) is 5.78 Å². The van der Waals surface area contributed by atoms with Crippen LogP contribution in [0, 0.1) is 0 Å². The molecule has 0 saturated carbocycles. The van der Waals surface area contributed by atoms with Gasteiger partial charge in [-0.1, -0.05) is 30.3 Å². The van der Waals surface area contributed by atoms with Crippen LogP contribution in [0.4, 0.5) is 0 Å². The molecule has 0 aromatic heterocycles. The van der Waals surface area contributed by atoms with Gasteiger partial charge >= 0.3 is 0 Å². The Morgan fingerprint density at radius 2 is 1.75 bits per heavy atom. The number of hydrogen-bond acceptors (Lipinski definition) is 3. The molecule has 1 aromatic carbocycles. The van der Waals surface area contributed by atoms with Crippen molar-refractivity contribution in [2.45, 2.75) is 0 Å². The number of ketones is 1. The summed E-state index contributed by atoms with van der Waals surface area (Å²) in [7, 11) is -2.61. The molecule has 3 nitrogen and oxygen atoms in total. The van der Waals surface area contributed by atoms with Gasteiger partial charge in [-0.25, -0.2) is 8.42 Å². The fraction of sp³-hybridized carbons (Fsp3) is 0.125. The van der Waals surface area contributed by atoms with E-state index in [0.29, 0.717) is 5.56 Å². The van der Waals surface area contributed by atoms with Crippen LogP contribution in [-0.4, -0.2) is 20.0 Å². The zero-order valence-electron chi connectivity index (χ0n) is 6.27. The molecule has 1 aromatic rings. The zero-order chi connectivity index (χ0) is 8.97. The fourth-order valence-corrected chi connectivity index (χ4v) is 1.25. The van der Waals surface area contributed by atoms with Crippen LogP contribution >= 0.6 is 0 Å². The maximum Gasteiger partial charge on any atom is 0.177 e. The van der Waals surface area contributed by atoms with Crippen molar-refractivity contribution in [3.8, 4) is 0 Å². The normalized spacial score (nSPS) is 10.1. The quantitative estimate of drug-likeness (QED) is 0.549. The molecular formula is C8H8O3S. The summed E-state index contributed by atoms with van der Waals surface area (Å²) in [5, 5.41) is 0. The highest BCUT2D eigenvalue weighted by molar-refractivity contribution is 7.73. The van der Waals surface area contributed by atoms with Gasteiger partial charge < -0.3 is 0 Å². The van der Waals surface area contributed by atoms with Gasteiger partial charge in [-0.2, -0.15) is 0 Å². The second kappa shape index (κ2) is 4.01. The van der Waals surface area contributed by atoms with Crippen LogP contribution in [-0.2, 0) is 10.7 Å². The van der Waals surface area contributed by atoms with Gasteiger partial charge in [0.25, 0.3) is 0 Å². The highest BCUT2D eigenvalue weighted by atomic mass is 32.2. The molecule has 0 N–H and O–H groups in total. The molecule has 0 unspecified atom stereocenters. The second-order valence-corrected chi connectivity index (χ2v) is 3.26. The van der Waals surface area contributed by atoms with Gasteiger partial charge in [0.15, 0.2) is 5.78 Å². The first kappa shape index (κ1) is 8.93. The smallest absolute Gasteiger partial charge is 0.177 e. The third-order valence-electron chi connectivity index (χ3n) is 1.37. The van der Waals surface area contributed by atoms with Crippen LogP contribution in [0.5, 0.6) is 0 Å². The van der Waals surface area contributed by atoms with Crippen molar-refractivity contribution in [2.75, 3.05) is 5.75 Å². The van der Waals surface area contributed by atoms with E-state index in [1.54, 1.807) is 30.3 Å². The number of carbonyl (C=O) groups excluding carboxylic acids is 1. The minimum atomic E-state index is -2.61. The van der Waals surface area contributed by atoms with Gasteiger partial charge in [0.2, 0.25) is 0 Å². The standard InChI is InChI=1S/C8H8O3S/c9-8(6-12(10)11)7-4-2-1-3-5-7/h1-5,12H,6H2. The summed E-state index contributed by atoms with van der Waals surface area (Å²) >= 11 is 0. The van der Waals surface area contributed by atoms with E-state index in [2.05, 4.69) is 0 Å². The van der Waals surface area contributed by atoms with Gasteiger partial charge in [-0.3, -0.25) is 4.79 Å². The van der Waals surface area contributed by atoms with Crippen LogP contribution in [0.3, 0.4) is 0 Å². The van der Waals surface area contributed by atoms with Crippen molar-refractivity contribution in [3.63, 3.8) is 0 Å². The third kappa shape index (κ3) is 2.47. The van der Waals surface area contributed by atoms with E-state index >= 15 is 0 Å². The lowest BCUT2D eigenvalue weighted by atomic mass is 10.2. The highest BCUT2D eigenvalue weighted by Crippen LogP contribution is 1.99.